The number of nitrogens with one attached hydrogen (secondary N) is 1. The summed E-state index contributed by atoms with van der Waals surface area (Å²) in [5.74, 6) is 0.750. The maximum Gasteiger partial charge on any atom is 0.00226 e. The molecule has 1 heteroatoms. The molecule has 1 aromatic carbocycles. The number of likely N-dealkylation sites (N-methyl/N-ethyl adjacent to an activating group) is 1. The molecule has 0 bridgehead atoms. The third kappa shape index (κ3) is 1.81. The molecule has 3 rings (SSSR count). The van der Waals surface area contributed by atoms with E-state index >= 15 is 0 Å². The van der Waals surface area contributed by atoms with Crippen LogP contribution in [0.4, 0.5) is 0 Å². The van der Waals surface area contributed by atoms with Gasteiger partial charge in [0, 0.05) is 12.5 Å². The monoisotopic (exact) mass is 229 g/mol. The second-order valence-corrected chi connectivity index (χ2v) is 5.88. The smallest absolute Gasteiger partial charge is 0.00226 e. The first kappa shape index (κ1) is 11.3. The van der Waals surface area contributed by atoms with Gasteiger partial charge in [-0.1, -0.05) is 37.1 Å². The summed E-state index contributed by atoms with van der Waals surface area (Å²) in [5, 5.41) is 3.43. The van der Waals surface area contributed by atoms with E-state index in [-0.39, 0.29) is 0 Å². The molecule has 17 heavy (non-hydrogen) atoms. The van der Waals surface area contributed by atoms with Crippen LogP contribution in [0, 0.1) is 5.41 Å². The van der Waals surface area contributed by atoms with Gasteiger partial charge in [0.2, 0.25) is 0 Å². The maximum absolute atomic E-state index is 3.43. The quantitative estimate of drug-likeness (QED) is 0.818. The molecule has 0 radical (unpaired) electrons. The maximum atomic E-state index is 3.43. The minimum Gasteiger partial charge on any atom is -0.319 e. The van der Waals surface area contributed by atoms with Gasteiger partial charge in [-0.2, -0.15) is 0 Å². The van der Waals surface area contributed by atoms with E-state index in [0.29, 0.717) is 5.41 Å². The van der Waals surface area contributed by atoms with E-state index in [0.717, 1.165) is 12.5 Å². The summed E-state index contributed by atoms with van der Waals surface area (Å²) in [7, 11) is 2.10. The third-order valence-electron chi connectivity index (χ3n) is 5.07. The molecule has 1 nitrogen and oxygen atoms in total. The van der Waals surface area contributed by atoms with Gasteiger partial charge in [0.25, 0.3) is 0 Å². The highest BCUT2D eigenvalue weighted by Gasteiger charge is 2.44. The van der Waals surface area contributed by atoms with Gasteiger partial charge in [0.1, 0.15) is 0 Å². The molecule has 0 saturated heterocycles. The van der Waals surface area contributed by atoms with Gasteiger partial charge in [-0.15, -0.1) is 0 Å². The average Bonchev–Trinajstić information content (AvgIpc) is 2.83. The first-order valence-corrected chi connectivity index (χ1v) is 7.08. The fraction of sp³-hybridized carbons (Fsp3) is 0.625. The Bertz CT molecular complexity index is 390. The summed E-state index contributed by atoms with van der Waals surface area (Å²) in [4.78, 5) is 0. The molecule has 1 fully saturated rings. The standard InChI is InChI=1S/C16H23N/c1-17-12-15-14-7-3-2-6-13(14)8-11-16(15)9-4-5-10-16/h2-3,6-7,15,17H,4-5,8-12H2,1H3. The van der Waals surface area contributed by atoms with Crippen LogP contribution in [0.1, 0.15) is 49.1 Å². The topological polar surface area (TPSA) is 12.0 Å². The van der Waals surface area contributed by atoms with Crippen LogP contribution in [0.15, 0.2) is 24.3 Å². The van der Waals surface area contributed by atoms with Crippen LogP contribution in [-0.4, -0.2) is 13.6 Å². The summed E-state index contributed by atoms with van der Waals surface area (Å²) in [6.45, 7) is 1.15. The Morgan fingerprint density at radius 2 is 1.94 bits per heavy atom. The Labute approximate surface area is 105 Å². The van der Waals surface area contributed by atoms with Crippen LogP contribution in [0.2, 0.25) is 0 Å². The van der Waals surface area contributed by atoms with Gasteiger partial charge >= 0.3 is 0 Å². The number of rotatable bonds is 2. The molecule has 1 atom stereocenters. The van der Waals surface area contributed by atoms with Crippen molar-refractivity contribution in [3.05, 3.63) is 35.4 Å². The van der Waals surface area contributed by atoms with Gasteiger partial charge in [0.05, 0.1) is 0 Å². The van der Waals surface area contributed by atoms with Crippen LogP contribution < -0.4 is 5.32 Å². The van der Waals surface area contributed by atoms with Gasteiger partial charge in [0.15, 0.2) is 0 Å². The van der Waals surface area contributed by atoms with E-state index in [1.807, 2.05) is 0 Å². The Kier molecular flexibility index (Phi) is 2.96. The Morgan fingerprint density at radius 1 is 1.18 bits per heavy atom. The zero-order chi connectivity index (χ0) is 11.7. The average molecular weight is 229 g/mol. The lowest BCUT2D eigenvalue weighted by atomic mass is 9.63. The molecule has 92 valence electrons. The van der Waals surface area contributed by atoms with Gasteiger partial charge < -0.3 is 5.32 Å². The predicted octanol–water partition coefficient (Wildman–Crippen LogP) is 3.50. The SMILES string of the molecule is CNCC1c2ccccc2CCC12CCCC2. The van der Waals surface area contributed by atoms with Crippen molar-refractivity contribution in [1.82, 2.24) is 5.32 Å². The molecular formula is C16H23N. The normalized spacial score (nSPS) is 26.1. The summed E-state index contributed by atoms with van der Waals surface area (Å²) in [6, 6.07) is 9.12. The molecule has 1 spiro atoms. The summed E-state index contributed by atoms with van der Waals surface area (Å²) >= 11 is 0. The van der Waals surface area contributed by atoms with Crippen molar-refractivity contribution < 1.29 is 0 Å². The fourth-order valence-corrected chi connectivity index (χ4v) is 4.20. The van der Waals surface area contributed by atoms with Crippen molar-refractivity contribution in [1.29, 1.82) is 0 Å². The Morgan fingerprint density at radius 3 is 2.71 bits per heavy atom. The van der Waals surface area contributed by atoms with E-state index in [1.54, 1.807) is 11.1 Å². The van der Waals surface area contributed by atoms with Crippen molar-refractivity contribution in [2.45, 2.75) is 44.4 Å². The summed E-state index contributed by atoms with van der Waals surface area (Å²) < 4.78 is 0. The van der Waals surface area contributed by atoms with Crippen molar-refractivity contribution in [3.8, 4) is 0 Å². The zero-order valence-electron chi connectivity index (χ0n) is 10.8. The second-order valence-electron chi connectivity index (χ2n) is 5.88. The second kappa shape index (κ2) is 4.45. The number of hydrogen-bond acceptors (Lipinski definition) is 1. The van der Waals surface area contributed by atoms with Gasteiger partial charge in [-0.05, 0) is 49.3 Å². The highest BCUT2D eigenvalue weighted by Crippen LogP contribution is 2.54. The molecule has 0 aromatic heterocycles. The fourth-order valence-electron chi connectivity index (χ4n) is 4.20. The van der Waals surface area contributed by atoms with Crippen molar-refractivity contribution in [2.75, 3.05) is 13.6 Å². The molecule has 1 N–H and O–H groups in total. The van der Waals surface area contributed by atoms with E-state index in [4.69, 9.17) is 0 Å². The predicted molar refractivity (Wildman–Crippen MR) is 72.3 cm³/mol. The minimum absolute atomic E-state index is 0.622. The van der Waals surface area contributed by atoms with Crippen molar-refractivity contribution in [2.24, 2.45) is 5.41 Å². The van der Waals surface area contributed by atoms with Crippen LogP contribution in [-0.2, 0) is 6.42 Å². The first-order valence-electron chi connectivity index (χ1n) is 7.08. The molecule has 0 aliphatic heterocycles. The molecule has 1 unspecified atom stereocenters. The Hall–Kier alpha value is -0.820. The molecule has 2 aliphatic carbocycles. The molecule has 1 aromatic rings. The molecule has 0 heterocycles. The highest BCUT2D eigenvalue weighted by atomic mass is 14.8. The molecular weight excluding hydrogens is 206 g/mol. The van der Waals surface area contributed by atoms with E-state index < -0.39 is 0 Å². The molecule has 0 amide bonds. The van der Waals surface area contributed by atoms with E-state index in [1.165, 1.54) is 38.5 Å². The lowest BCUT2D eigenvalue weighted by Gasteiger charge is -2.43. The minimum atomic E-state index is 0.622. The lowest BCUT2D eigenvalue weighted by molar-refractivity contribution is 0.192. The van der Waals surface area contributed by atoms with Crippen LogP contribution >= 0.6 is 0 Å². The number of hydrogen-bond donors (Lipinski definition) is 1. The van der Waals surface area contributed by atoms with Crippen LogP contribution in [0.3, 0.4) is 0 Å². The third-order valence-corrected chi connectivity index (χ3v) is 5.07. The molecule has 2 aliphatic rings. The van der Waals surface area contributed by atoms with Gasteiger partial charge in [-0.3, -0.25) is 0 Å². The summed E-state index contributed by atoms with van der Waals surface area (Å²) in [6.07, 6.45) is 8.51. The van der Waals surface area contributed by atoms with Gasteiger partial charge in [-0.25, -0.2) is 0 Å². The lowest BCUT2D eigenvalue weighted by Crippen LogP contribution is -2.36. The largest absolute Gasteiger partial charge is 0.319 e. The first-order chi connectivity index (χ1) is 8.36. The van der Waals surface area contributed by atoms with Crippen LogP contribution in [0.5, 0.6) is 0 Å². The van der Waals surface area contributed by atoms with Crippen molar-refractivity contribution >= 4 is 0 Å². The Balaban J connectivity index is 2.00. The van der Waals surface area contributed by atoms with E-state index in [2.05, 4.69) is 36.6 Å². The van der Waals surface area contributed by atoms with Crippen molar-refractivity contribution in [3.63, 3.8) is 0 Å². The summed E-state index contributed by atoms with van der Waals surface area (Å²) in [5.41, 5.74) is 3.86. The number of aryl methyl sites for hydroxylation is 1. The number of benzene rings is 1. The zero-order valence-corrected chi connectivity index (χ0v) is 10.8. The molecule has 1 saturated carbocycles. The van der Waals surface area contributed by atoms with Crippen LogP contribution in [0.25, 0.3) is 0 Å². The van der Waals surface area contributed by atoms with E-state index in [9.17, 15) is 0 Å². The number of fused-ring (bicyclic) bond motifs is 1. The highest BCUT2D eigenvalue weighted by molar-refractivity contribution is 5.35.